The monoisotopic (exact) mass is 308 g/mol. The molecule has 0 saturated heterocycles. The number of nitrogens with one attached hydrogen (secondary N) is 1. The number of carbonyl (C=O) groups is 1. The van der Waals surface area contributed by atoms with Crippen molar-refractivity contribution in [3.05, 3.63) is 53.6 Å². The molecule has 0 radical (unpaired) electrons. The molecule has 0 saturated carbocycles. The van der Waals surface area contributed by atoms with E-state index < -0.39 is 0 Å². The Labute approximate surface area is 135 Å². The maximum Gasteiger partial charge on any atom is 0.255 e. The molecule has 118 valence electrons. The third-order valence-electron chi connectivity index (χ3n) is 3.80. The van der Waals surface area contributed by atoms with Gasteiger partial charge in [0.25, 0.3) is 5.91 Å². The molecule has 0 aliphatic rings. The van der Waals surface area contributed by atoms with Crippen molar-refractivity contribution in [3.8, 4) is 0 Å². The van der Waals surface area contributed by atoms with Crippen molar-refractivity contribution in [3.63, 3.8) is 0 Å². The molecule has 0 atom stereocenters. The van der Waals surface area contributed by atoms with Gasteiger partial charge in [-0.05, 0) is 48.7 Å². The highest BCUT2D eigenvalue weighted by Crippen LogP contribution is 2.16. The van der Waals surface area contributed by atoms with Crippen molar-refractivity contribution in [1.82, 2.24) is 15.0 Å². The quantitative estimate of drug-likeness (QED) is 0.782. The first-order chi connectivity index (χ1) is 11.2. The van der Waals surface area contributed by atoms with E-state index in [1.165, 1.54) is 5.56 Å². The molecule has 1 N–H and O–H groups in total. The summed E-state index contributed by atoms with van der Waals surface area (Å²) in [6, 6.07) is 13.4. The predicted molar refractivity (Wildman–Crippen MR) is 91.6 cm³/mol. The number of aromatic nitrogens is 3. The number of nitrogens with zero attached hydrogens (tertiary/aromatic N) is 3. The van der Waals surface area contributed by atoms with Crippen LogP contribution in [0, 0.1) is 0 Å². The molecule has 0 spiro atoms. The van der Waals surface area contributed by atoms with Crippen LogP contribution in [0.25, 0.3) is 11.0 Å². The van der Waals surface area contributed by atoms with E-state index in [0.717, 1.165) is 36.1 Å². The van der Waals surface area contributed by atoms with Gasteiger partial charge in [-0.25, -0.2) is 4.68 Å². The zero-order valence-corrected chi connectivity index (χ0v) is 13.4. The van der Waals surface area contributed by atoms with E-state index in [0.29, 0.717) is 5.56 Å². The van der Waals surface area contributed by atoms with Crippen LogP contribution in [0.3, 0.4) is 0 Å². The van der Waals surface area contributed by atoms with Crippen LogP contribution in [0.4, 0.5) is 5.69 Å². The summed E-state index contributed by atoms with van der Waals surface area (Å²) in [5, 5.41) is 11.2. The lowest BCUT2D eigenvalue weighted by atomic mass is 10.1. The first kappa shape index (κ1) is 15.2. The fourth-order valence-electron chi connectivity index (χ4n) is 2.56. The Morgan fingerprint density at radius 3 is 2.83 bits per heavy atom. The summed E-state index contributed by atoms with van der Waals surface area (Å²) in [6.45, 7) is 5.01. The molecule has 1 amide bonds. The Morgan fingerprint density at radius 2 is 2.04 bits per heavy atom. The van der Waals surface area contributed by atoms with Crippen LogP contribution in [0.15, 0.2) is 42.5 Å². The van der Waals surface area contributed by atoms with Crippen molar-refractivity contribution >= 4 is 22.6 Å². The maximum absolute atomic E-state index is 12.4. The average molecular weight is 308 g/mol. The fraction of sp³-hybridized carbons (Fsp3) is 0.278. The summed E-state index contributed by atoms with van der Waals surface area (Å²) >= 11 is 0. The van der Waals surface area contributed by atoms with Gasteiger partial charge in [0.05, 0.1) is 5.52 Å². The number of hydrogen-bond acceptors (Lipinski definition) is 3. The van der Waals surface area contributed by atoms with Gasteiger partial charge >= 0.3 is 0 Å². The van der Waals surface area contributed by atoms with Crippen LogP contribution in [-0.2, 0) is 13.0 Å². The second kappa shape index (κ2) is 6.60. The number of fused-ring (bicyclic) bond motifs is 1. The lowest BCUT2D eigenvalue weighted by Gasteiger charge is -2.07. The number of amides is 1. The number of aryl methyl sites for hydroxylation is 2. The van der Waals surface area contributed by atoms with Gasteiger partial charge in [0.1, 0.15) is 5.52 Å². The molecule has 0 unspecified atom stereocenters. The minimum atomic E-state index is -0.134. The van der Waals surface area contributed by atoms with E-state index >= 15 is 0 Å². The molecule has 0 aliphatic heterocycles. The van der Waals surface area contributed by atoms with Crippen molar-refractivity contribution < 1.29 is 4.79 Å². The minimum absolute atomic E-state index is 0.134. The number of rotatable bonds is 5. The Morgan fingerprint density at radius 1 is 1.17 bits per heavy atom. The zero-order chi connectivity index (χ0) is 16.2. The van der Waals surface area contributed by atoms with Crippen molar-refractivity contribution in [1.29, 1.82) is 0 Å². The van der Waals surface area contributed by atoms with E-state index in [9.17, 15) is 4.79 Å². The second-order valence-corrected chi connectivity index (χ2v) is 5.52. The standard InChI is InChI=1S/C18H20N4O/c1-3-10-22-17-9-8-14(12-16(17)20-21-22)18(23)19-15-7-5-6-13(4-2)11-15/h5-9,11-12H,3-4,10H2,1-2H3,(H,19,23). The fourth-order valence-corrected chi connectivity index (χ4v) is 2.56. The van der Waals surface area contributed by atoms with Crippen molar-refractivity contribution in [2.75, 3.05) is 5.32 Å². The summed E-state index contributed by atoms with van der Waals surface area (Å²) in [4.78, 5) is 12.4. The Kier molecular flexibility index (Phi) is 4.37. The second-order valence-electron chi connectivity index (χ2n) is 5.52. The minimum Gasteiger partial charge on any atom is -0.322 e. The summed E-state index contributed by atoms with van der Waals surface area (Å²) in [6.07, 6.45) is 1.94. The average Bonchev–Trinajstić information content (AvgIpc) is 2.97. The molecule has 3 rings (SSSR count). The van der Waals surface area contributed by atoms with Crippen LogP contribution in [0.1, 0.15) is 36.2 Å². The van der Waals surface area contributed by atoms with E-state index in [2.05, 4.69) is 29.5 Å². The Bertz CT molecular complexity index is 838. The molecule has 1 heterocycles. The molecule has 0 fully saturated rings. The van der Waals surface area contributed by atoms with Gasteiger partial charge in [0.15, 0.2) is 0 Å². The molecule has 0 bridgehead atoms. The molecule has 5 nitrogen and oxygen atoms in total. The third kappa shape index (κ3) is 3.23. The largest absolute Gasteiger partial charge is 0.322 e. The highest BCUT2D eigenvalue weighted by Gasteiger charge is 2.10. The predicted octanol–water partition coefficient (Wildman–Crippen LogP) is 3.66. The lowest BCUT2D eigenvalue weighted by Crippen LogP contribution is -2.12. The maximum atomic E-state index is 12.4. The molecule has 2 aromatic carbocycles. The summed E-state index contributed by atoms with van der Waals surface area (Å²) < 4.78 is 1.86. The molecule has 3 aromatic rings. The molecule has 5 heteroatoms. The van der Waals surface area contributed by atoms with Crippen LogP contribution < -0.4 is 5.32 Å². The highest BCUT2D eigenvalue weighted by atomic mass is 16.1. The van der Waals surface area contributed by atoms with Crippen molar-refractivity contribution in [2.24, 2.45) is 0 Å². The smallest absolute Gasteiger partial charge is 0.255 e. The molecule has 0 aliphatic carbocycles. The Balaban J connectivity index is 1.83. The summed E-state index contributed by atoms with van der Waals surface area (Å²) in [7, 11) is 0. The molecule has 1 aromatic heterocycles. The van der Waals surface area contributed by atoms with E-state index in [-0.39, 0.29) is 5.91 Å². The van der Waals surface area contributed by atoms with Gasteiger partial charge in [0, 0.05) is 17.8 Å². The summed E-state index contributed by atoms with van der Waals surface area (Å²) in [5.74, 6) is -0.134. The zero-order valence-electron chi connectivity index (χ0n) is 13.4. The van der Waals surface area contributed by atoms with Crippen LogP contribution in [0.2, 0.25) is 0 Å². The summed E-state index contributed by atoms with van der Waals surface area (Å²) in [5.41, 5.74) is 4.29. The van der Waals surface area contributed by atoms with E-state index in [1.54, 1.807) is 6.07 Å². The number of anilines is 1. The van der Waals surface area contributed by atoms with Gasteiger partial charge < -0.3 is 5.32 Å². The van der Waals surface area contributed by atoms with E-state index in [4.69, 9.17) is 0 Å². The lowest BCUT2D eigenvalue weighted by molar-refractivity contribution is 0.102. The highest BCUT2D eigenvalue weighted by molar-refractivity contribution is 6.05. The third-order valence-corrected chi connectivity index (χ3v) is 3.80. The first-order valence-electron chi connectivity index (χ1n) is 7.94. The van der Waals surface area contributed by atoms with Gasteiger partial charge in [0.2, 0.25) is 0 Å². The number of carbonyl (C=O) groups excluding carboxylic acids is 1. The normalized spacial score (nSPS) is 10.9. The topological polar surface area (TPSA) is 59.8 Å². The SMILES string of the molecule is CCCn1nnc2cc(C(=O)Nc3cccc(CC)c3)ccc21. The molecular formula is C18H20N4O. The molecule has 23 heavy (non-hydrogen) atoms. The van der Waals surface area contributed by atoms with Crippen LogP contribution in [0.5, 0.6) is 0 Å². The van der Waals surface area contributed by atoms with Gasteiger partial charge in [-0.3, -0.25) is 4.79 Å². The van der Waals surface area contributed by atoms with Gasteiger partial charge in [-0.15, -0.1) is 5.10 Å². The van der Waals surface area contributed by atoms with Gasteiger partial charge in [-0.1, -0.05) is 31.2 Å². The van der Waals surface area contributed by atoms with Crippen LogP contribution in [-0.4, -0.2) is 20.9 Å². The molecular weight excluding hydrogens is 288 g/mol. The van der Waals surface area contributed by atoms with Crippen LogP contribution >= 0.6 is 0 Å². The number of hydrogen-bond donors (Lipinski definition) is 1. The first-order valence-corrected chi connectivity index (χ1v) is 7.94. The van der Waals surface area contributed by atoms with Gasteiger partial charge in [-0.2, -0.15) is 0 Å². The Hall–Kier alpha value is -2.69. The van der Waals surface area contributed by atoms with Crippen molar-refractivity contribution in [2.45, 2.75) is 33.2 Å². The number of benzene rings is 2. The van der Waals surface area contributed by atoms with E-state index in [1.807, 2.05) is 41.1 Å².